The zero-order valence-electron chi connectivity index (χ0n) is 14.2. The summed E-state index contributed by atoms with van der Waals surface area (Å²) in [6.07, 6.45) is 1.43. The molecule has 2 amide bonds. The van der Waals surface area contributed by atoms with Crippen molar-refractivity contribution in [1.29, 1.82) is 0 Å². The van der Waals surface area contributed by atoms with Gasteiger partial charge in [-0.05, 0) is 31.0 Å². The fourth-order valence-electron chi connectivity index (χ4n) is 2.67. The van der Waals surface area contributed by atoms with Gasteiger partial charge in [-0.1, -0.05) is 48.0 Å². The molecule has 0 aliphatic carbocycles. The van der Waals surface area contributed by atoms with Crippen molar-refractivity contribution in [2.45, 2.75) is 26.2 Å². The topological polar surface area (TPSA) is 61.8 Å². The molecule has 128 valence electrons. The summed E-state index contributed by atoms with van der Waals surface area (Å²) in [5.41, 5.74) is 3.36. The zero-order valence-corrected chi connectivity index (χ0v) is 14.2. The standard InChI is InChI=1S/C20H21N3O2/c1-15-7-9-17(10-8-15)23-19(24)12-11-18(22-23)20(25)21-14-13-16-5-3-2-4-6-16/h2-10H,11-14H2,1H3,(H,21,25). The number of hydrogen-bond donors (Lipinski definition) is 1. The Morgan fingerprint density at radius 3 is 2.52 bits per heavy atom. The van der Waals surface area contributed by atoms with Gasteiger partial charge in [0, 0.05) is 19.4 Å². The van der Waals surface area contributed by atoms with E-state index in [1.54, 1.807) is 0 Å². The van der Waals surface area contributed by atoms with Crippen molar-refractivity contribution in [3.63, 3.8) is 0 Å². The number of hydrazone groups is 1. The van der Waals surface area contributed by atoms with E-state index in [0.29, 0.717) is 30.8 Å². The molecule has 2 aromatic rings. The minimum Gasteiger partial charge on any atom is -0.351 e. The van der Waals surface area contributed by atoms with Crippen LogP contribution in [0.2, 0.25) is 0 Å². The molecule has 0 saturated heterocycles. The molecule has 2 aromatic carbocycles. The Bertz CT molecular complexity index is 782. The number of benzene rings is 2. The van der Waals surface area contributed by atoms with Gasteiger partial charge < -0.3 is 5.32 Å². The maximum absolute atomic E-state index is 12.3. The quantitative estimate of drug-likeness (QED) is 0.913. The molecule has 1 aliphatic heterocycles. The number of nitrogens with zero attached hydrogens (tertiary/aromatic N) is 2. The molecule has 0 bridgehead atoms. The molecular formula is C20H21N3O2. The second kappa shape index (κ2) is 7.75. The number of anilines is 1. The monoisotopic (exact) mass is 335 g/mol. The van der Waals surface area contributed by atoms with E-state index >= 15 is 0 Å². The first-order valence-electron chi connectivity index (χ1n) is 8.43. The third kappa shape index (κ3) is 4.32. The van der Waals surface area contributed by atoms with Crippen molar-refractivity contribution in [2.75, 3.05) is 11.6 Å². The zero-order chi connectivity index (χ0) is 17.6. The Morgan fingerprint density at radius 2 is 1.80 bits per heavy atom. The number of nitrogens with one attached hydrogen (secondary N) is 1. The van der Waals surface area contributed by atoms with Crippen LogP contribution in [-0.2, 0) is 16.0 Å². The third-order valence-electron chi connectivity index (χ3n) is 4.12. The van der Waals surface area contributed by atoms with Crippen LogP contribution in [0, 0.1) is 6.92 Å². The van der Waals surface area contributed by atoms with E-state index in [0.717, 1.165) is 12.0 Å². The van der Waals surface area contributed by atoms with Crippen LogP contribution in [0.5, 0.6) is 0 Å². The molecule has 1 heterocycles. The molecule has 3 rings (SSSR count). The van der Waals surface area contributed by atoms with Crippen LogP contribution in [0.25, 0.3) is 0 Å². The van der Waals surface area contributed by atoms with Gasteiger partial charge in [0.1, 0.15) is 5.71 Å². The molecule has 0 aromatic heterocycles. The predicted molar refractivity (Wildman–Crippen MR) is 98.5 cm³/mol. The van der Waals surface area contributed by atoms with E-state index in [1.807, 2.05) is 61.5 Å². The van der Waals surface area contributed by atoms with E-state index < -0.39 is 0 Å². The lowest BCUT2D eigenvalue weighted by atomic mass is 10.1. The molecule has 0 atom stereocenters. The predicted octanol–water partition coefficient (Wildman–Crippen LogP) is 2.84. The Kier molecular flexibility index (Phi) is 5.23. The Hall–Kier alpha value is -2.95. The van der Waals surface area contributed by atoms with Crippen LogP contribution in [0.1, 0.15) is 24.0 Å². The van der Waals surface area contributed by atoms with Gasteiger partial charge in [-0.25, -0.2) is 5.01 Å². The lowest BCUT2D eigenvalue weighted by Crippen LogP contribution is -2.39. The van der Waals surface area contributed by atoms with Crippen molar-refractivity contribution < 1.29 is 9.59 Å². The normalized spacial score (nSPS) is 14.2. The lowest BCUT2D eigenvalue weighted by Gasteiger charge is -2.23. The van der Waals surface area contributed by atoms with Crippen LogP contribution < -0.4 is 10.3 Å². The average molecular weight is 335 g/mol. The summed E-state index contributed by atoms with van der Waals surface area (Å²) >= 11 is 0. The summed E-state index contributed by atoms with van der Waals surface area (Å²) in [4.78, 5) is 24.5. The van der Waals surface area contributed by atoms with Crippen LogP contribution in [0.15, 0.2) is 59.7 Å². The highest BCUT2D eigenvalue weighted by molar-refractivity contribution is 6.40. The van der Waals surface area contributed by atoms with Crippen molar-refractivity contribution in [3.05, 3.63) is 65.7 Å². The Morgan fingerprint density at radius 1 is 1.08 bits per heavy atom. The van der Waals surface area contributed by atoms with E-state index in [1.165, 1.54) is 10.6 Å². The third-order valence-corrected chi connectivity index (χ3v) is 4.12. The second-order valence-corrected chi connectivity index (χ2v) is 6.08. The first-order chi connectivity index (χ1) is 12.1. The number of amides is 2. The van der Waals surface area contributed by atoms with Crippen molar-refractivity contribution in [1.82, 2.24) is 5.32 Å². The summed E-state index contributed by atoms with van der Waals surface area (Å²) in [6.45, 7) is 2.52. The van der Waals surface area contributed by atoms with Crippen LogP contribution in [0.3, 0.4) is 0 Å². The number of carbonyl (C=O) groups excluding carboxylic acids is 2. The van der Waals surface area contributed by atoms with Crippen molar-refractivity contribution in [2.24, 2.45) is 5.10 Å². The fourth-order valence-corrected chi connectivity index (χ4v) is 2.67. The van der Waals surface area contributed by atoms with E-state index in [-0.39, 0.29) is 11.8 Å². The molecule has 1 N–H and O–H groups in total. The fraction of sp³-hybridized carbons (Fsp3) is 0.250. The first-order valence-corrected chi connectivity index (χ1v) is 8.43. The maximum Gasteiger partial charge on any atom is 0.267 e. The Labute approximate surface area is 147 Å². The number of rotatable bonds is 5. The summed E-state index contributed by atoms with van der Waals surface area (Å²) < 4.78 is 0. The molecule has 0 unspecified atom stereocenters. The molecule has 5 nitrogen and oxygen atoms in total. The second-order valence-electron chi connectivity index (χ2n) is 6.08. The average Bonchev–Trinajstić information content (AvgIpc) is 2.64. The molecule has 0 radical (unpaired) electrons. The van der Waals surface area contributed by atoms with Crippen LogP contribution >= 0.6 is 0 Å². The molecule has 0 fully saturated rings. The molecular weight excluding hydrogens is 314 g/mol. The summed E-state index contributed by atoms with van der Waals surface area (Å²) in [5.74, 6) is -0.301. The van der Waals surface area contributed by atoms with Crippen molar-refractivity contribution in [3.8, 4) is 0 Å². The van der Waals surface area contributed by atoms with Gasteiger partial charge >= 0.3 is 0 Å². The highest BCUT2D eigenvalue weighted by atomic mass is 16.2. The molecule has 0 spiro atoms. The van der Waals surface area contributed by atoms with Gasteiger partial charge in [-0.15, -0.1) is 0 Å². The van der Waals surface area contributed by atoms with Gasteiger partial charge in [0.05, 0.1) is 5.69 Å². The Balaban J connectivity index is 1.64. The number of carbonyl (C=O) groups is 2. The highest BCUT2D eigenvalue weighted by Gasteiger charge is 2.25. The van der Waals surface area contributed by atoms with Gasteiger partial charge in [0.15, 0.2) is 0 Å². The first kappa shape index (κ1) is 16.9. The molecule has 0 saturated carbocycles. The summed E-state index contributed by atoms with van der Waals surface area (Å²) in [5, 5.41) is 8.49. The molecule has 5 heteroatoms. The maximum atomic E-state index is 12.3. The van der Waals surface area contributed by atoms with Gasteiger partial charge in [-0.3, -0.25) is 9.59 Å². The van der Waals surface area contributed by atoms with Crippen molar-refractivity contribution >= 4 is 23.2 Å². The van der Waals surface area contributed by atoms with E-state index in [4.69, 9.17) is 0 Å². The van der Waals surface area contributed by atoms with Gasteiger partial charge in [0.2, 0.25) is 5.91 Å². The minimum absolute atomic E-state index is 0.0929. The minimum atomic E-state index is -0.208. The molecule has 1 aliphatic rings. The summed E-state index contributed by atoms with van der Waals surface area (Å²) in [7, 11) is 0. The van der Waals surface area contributed by atoms with Gasteiger partial charge in [-0.2, -0.15) is 5.10 Å². The summed E-state index contributed by atoms with van der Waals surface area (Å²) in [6, 6.07) is 17.5. The highest BCUT2D eigenvalue weighted by Crippen LogP contribution is 2.20. The smallest absolute Gasteiger partial charge is 0.267 e. The molecule has 25 heavy (non-hydrogen) atoms. The number of aryl methyl sites for hydroxylation is 1. The SMILES string of the molecule is Cc1ccc(N2N=C(C(=O)NCCc3ccccc3)CCC2=O)cc1. The van der Waals surface area contributed by atoms with Crippen LogP contribution in [-0.4, -0.2) is 24.1 Å². The van der Waals surface area contributed by atoms with E-state index in [9.17, 15) is 9.59 Å². The van der Waals surface area contributed by atoms with Crippen LogP contribution in [0.4, 0.5) is 5.69 Å². The lowest BCUT2D eigenvalue weighted by molar-refractivity contribution is -0.118. The largest absolute Gasteiger partial charge is 0.351 e. The van der Waals surface area contributed by atoms with Gasteiger partial charge in [0.25, 0.3) is 5.91 Å². The van der Waals surface area contributed by atoms with E-state index in [2.05, 4.69) is 10.4 Å². The number of hydrogen-bond acceptors (Lipinski definition) is 3.